The van der Waals surface area contributed by atoms with E-state index in [-0.39, 0.29) is 17.6 Å². The number of aliphatic hydroxyl groups excluding tert-OH is 3. The van der Waals surface area contributed by atoms with Crippen molar-refractivity contribution in [3.63, 3.8) is 0 Å². The van der Waals surface area contributed by atoms with Crippen molar-refractivity contribution in [1.29, 1.82) is 0 Å². The van der Waals surface area contributed by atoms with Gasteiger partial charge in [0.1, 0.15) is 24.4 Å². The Morgan fingerprint density at radius 2 is 1.61 bits per heavy atom. The van der Waals surface area contributed by atoms with Crippen LogP contribution in [0, 0.1) is 11.8 Å². The molecule has 0 bridgehead atoms. The van der Waals surface area contributed by atoms with Gasteiger partial charge in [0.2, 0.25) is 0 Å². The highest BCUT2D eigenvalue weighted by molar-refractivity contribution is 5.85. The van der Waals surface area contributed by atoms with Gasteiger partial charge in [0.05, 0.1) is 6.10 Å². The molecular formula is C13H24O5. The minimum atomic E-state index is -1.36. The second kappa shape index (κ2) is 6.10. The first-order valence-electron chi connectivity index (χ1n) is 6.49. The Morgan fingerprint density at radius 1 is 1.06 bits per heavy atom. The lowest BCUT2D eigenvalue weighted by Gasteiger charge is -2.41. The Balaban J connectivity index is 2.83. The van der Waals surface area contributed by atoms with Gasteiger partial charge in [-0.15, -0.1) is 0 Å². The fraction of sp³-hybridized carbons (Fsp3) is 0.923. The molecule has 0 aromatic rings. The zero-order valence-electron chi connectivity index (χ0n) is 11.4. The molecule has 3 N–H and O–H groups in total. The zero-order chi connectivity index (χ0) is 14.0. The number of Topliss-reactive ketones (excluding diaryl/α,β-unsaturated/α-hetero) is 1. The van der Waals surface area contributed by atoms with Crippen LogP contribution in [-0.4, -0.2) is 51.6 Å². The van der Waals surface area contributed by atoms with Gasteiger partial charge in [0, 0.05) is 5.92 Å². The van der Waals surface area contributed by atoms with E-state index in [2.05, 4.69) is 0 Å². The molecule has 0 spiro atoms. The molecule has 5 unspecified atom stereocenters. The lowest BCUT2D eigenvalue weighted by molar-refractivity contribution is -0.223. The molecule has 1 aliphatic heterocycles. The minimum Gasteiger partial charge on any atom is -0.388 e. The third-order valence-corrected chi connectivity index (χ3v) is 3.27. The minimum absolute atomic E-state index is 0.248. The normalized spacial score (nSPS) is 37.3. The molecule has 0 aromatic heterocycles. The number of rotatable bonds is 4. The van der Waals surface area contributed by atoms with E-state index < -0.39 is 30.5 Å². The Labute approximate surface area is 108 Å². The van der Waals surface area contributed by atoms with Crippen molar-refractivity contribution < 1.29 is 24.9 Å². The van der Waals surface area contributed by atoms with Crippen LogP contribution in [-0.2, 0) is 9.53 Å². The lowest BCUT2D eigenvalue weighted by atomic mass is 9.87. The first kappa shape index (κ1) is 15.6. The van der Waals surface area contributed by atoms with Gasteiger partial charge in [-0.1, -0.05) is 27.7 Å². The molecule has 5 heteroatoms. The summed E-state index contributed by atoms with van der Waals surface area (Å²) in [7, 11) is 0. The molecule has 0 radical (unpaired) electrons. The van der Waals surface area contributed by atoms with Crippen LogP contribution in [0.15, 0.2) is 0 Å². The van der Waals surface area contributed by atoms with Crippen molar-refractivity contribution in [3.05, 3.63) is 0 Å². The predicted octanol–water partition coefficient (Wildman–Crippen LogP) is 0.108. The summed E-state index contributed by atoms with van der Waals surface area (Å²) in [6.07, 6.45) is -4.98. The van der Waals surface area contributed by atoms with Crippen molar-refractivity contribution in [2.45, 2.75) is 64.6 Å². The summed E-state index contributed by atoms with van der Waals surface area (Å²) in [6, 6.07) is 0. The number of hydrogen-bond acceptors (Lipinski definition) is 5. The smallest absolute Gasteiger partial charge is 0.166 e. The van der Waals surface area contributed by atoms with Gasteiger partial charge in [-0.05, 0) is 12.3 Å². The summed E-state index contributed by atoms with van der Waals surface area (Å²) in [4.78, 5) is 11.9. The summed E-state index contributed by atoms with van der Waals surface area (Å²) in [5, 5.41) is 29.5. The van der Waals surface area contributed by atoms with Gasteiger partial charge in [0.15, 0.2) is 5.78 Å². The van der Waals surface area contributed by atoms with Crippen LogP contribution in [0.3, 0.4) is 0 Å². The third kappa shape index (κ3) is 3.29. The molecule has 1 aliphatic rings. The van der Waals surface area contributed by atoms with Crippen LogP contribution in [0.1, 0.15) is 34.1 Å². The fourth-order valence-corrected chi connectivity index (χ4v) is 2.17. The molecular weight excluding hydrogens is 236 g/mol. The summed E-state index contributed by atoms with van der Waals surface area (Å²) in [5.74, 6) is -0.268. The van der Waals surface area contributed by atoms with Crippen molar-refractivity contribution >= 4 is 5.78 Å². The summed E-state index contributed by atoms with van der Waals surface area (Å²) < 4.78 is 5.51. The van der Waals surface area contributed by atoms with E-state index in [1.165, 1.54) is 0 Å². The van der Waals surface area contributed by atoms with E-state index in [4.69, 9.17) is 4.74 Å². The van der Waals surface area contributed by atoms with E-state index in [0.717, 1.165) is 0 Å². The lowest BCUT2D eigenvalue weighted by Crippen LogP contribution is -2.60. The molecule has 1 saturated heterocycles. The van der Waals surface area contributed by atoms with Crippen LogP contribution in [0.5, 0.6) is 0 Å². The van der Waals surface area contributed by atoms with Crippen LogP contribution in [0.25, 0.3) is 0 Å². The second-order valence-corrected chi connectivity index (χ2v) is 5.75. The summed E-state index contributed by atoms with van der Waals surface area (Å²) >= 11 is 0. The second-order valence-electron chi connectivity index (χ2n) is 5.75. The van der Waals surface area contributed by atoms with Gasteiger partial charge in [-0.2, -0.15) is 0 Å². The number of carbonyl (C=O) groups excluding carboxylic acids is 1. The summed E-state index contributed by atoms with van der Waals surface area (Å²) in [5.41, 5.74) is 0. The summed E-state index contributed by atoms with van der Waals surface area (Å²) in [6.45, 7) is 7.36. The molecule has 1 heterocycles. The molecule has 0 aromatic carbocycles. The maximum absolute atomic E-state index is 11.9. The topological polar surface area (TPSA) is 87.0 Å². The monoisotopic (exact) mass is 260 g/mol. The average molecular weight is 260 g/mol. The van der Waals surface area contributed by atoms with Crippen LogP contribution >= 0.6 is 0 Å². The Kier molecular flexibility index (Phi) is 5.28. The van der Waals surface area contributed by atoms with Crippen molar-refractivity contribution in [1.82, 2.24) is 0 Å². The molecule has 5 nitrogen and oxygen atoms in total. The maximum atomic E-state index is 11.9. The Morgan fingerprint density at radius 3 is 2.06 bits per heavy atom. The SMILES string of the molecule is CC(C)CC1OC(C(=O)C(C)C)C(O)C(O)C1O. The highest BCUT2D eigenvalue weighted by atomic mass is 16.5. The van der Waals surface area contributed by atoms with Crippen molar-refractivity contribution in [2.75, 3.05) is 0 Å². The number of carbonyl (C=O) groups is 1. The molecule has 1 rings (SSSR count). The van der Waals surface area contributed by atoms with E-state index >= 15 is 0 Å². The number of ether oxygens (including phenoxy) is 1. The van der Waals surface area contributed by atoms with Gasteiger partial charge in [-0.3, -0.25) is 4.79 Å². The van der Waals surface area contributed by atoms with Gasteiger partial charge >= 0.3 is 0 Å². The van der Waals surface area contributed by atoms with Gasteiger partial charge < -0.3 is 20.1 Å². The quantitative estimate of drug-likeness (QED) is 0.668. The maximum Gasteiger partial charge on any atom is 0.166 e. The molecule has 0 saturated carbocycles. The molecule has 0 amide bonds. The standard InChI is InChI=1S/C13H24O5/c1-6(2)5-8-10(15)11(16)12(17)13(18-8)9(14)7(3)4/h6-8,10-13,15-17H,5H2,1-4H3. The van der Waals surface area contributed by atoms with Crippen LogP contribution in [0.4, 0.5) is 0 Å². The highest BCUT2D eigenvalue weighted by Gasteiger charge is 2.46. The van der Waals surface area contributed by atoms with Crippen LogP contribution < -0.4 is 0 Å². The number of ketones is 1. The van der Waals surface area contributed by atoms with E-state index in [0.29, 0.717) is 6.42 Å². The van der Waals surface area contributed by atoms with E-state index in [1.807, 2.05) is 13.8 Å². The molecule has 1 fully saturated rings. The zero-order valence-corrected chi connectivity index (χ0v) is 11.4. The predicted molar refractivity (Wildman–Crippen MR) is 66.0 cm³/mol. The van der Waals surface area contributed by atoms with Crippen molar-refractivity contribution in [3.8, 4) is 0 Å². The largest absolute Gasteiger partial charge is 0.388 e. The van der Waals surface area contributed by atoms with Crippen molar-refractivity contribution in [2.24, 2.45) is 11.8 Å². The Bertz CT molecular complexity index is 289. The number of aliphatic hydroxyl groups is 3. The number of hydrogen-bond donors (Lipinski definition) is 3. The average Bonchev–Trinajstić information content (AvgIpc) is 2.28. The molecule has 5 atom stereocenters. The van der Waals surface area contributed by atoms with E-state index in [9.17, 15) is 20.1 Å². The van der Waals surface area contributed by atoms with Crippen LogP contribution in [0.2, 0.25) is 0 Å². The van der Waals surface area contributed by atoms with E-state index in [1.54, 1.807) is 13.8 Å². The first-order chi connectivity index (χ1) is 8.25. The molecule has 0 aliphatic carbocycles. The molecule has 106 valence electrons. The fourth-order valence-electron chi connectivity index (χ4n) is 2.17. The third-order valence-electron chi connectivity index (χ3n) is 3.27. The van der Waals surface area contributed by atoms with Gasteiger partial charge in [-0.25, -0.2) is 0 Å². The van der Waals surface area contributed by atoms with Gasteiger partial charge in [0.25, 0.3) is 0 Å². The highest BCUT2D eigenvalue weighted by Crippen LogP contribution is 2.27. The first-order valence-corrected chi connectivity index (χ1v) is 6.49. The Hall–Kier alpha value is -0.490. The molecule has 18 heavy (non-hydrogen) atoms.